The monoisotopic (exact) mass is 579 g/mol. The van der Waals surface area contributed by atoms with Gasteiger partial charge in [-0.3, -0.25) is 24.3 Å². The number of likely N-dealkylation sites (tertiary alicyclic amines) is 1. The van der Waals surface area contributed by atoms with Gasteiger partial charge in [0, 0.05) is 42.2 Å². The minimum atomic E-state index is -1.31. The van der Waals surface area contributed by atoms with Crippen molar-refractivity contribution in [3.63, 3.8) is 0 Å². The van der Waals surface area contributed by atoms with Gasteiger partial charge in [-0.1, -0.05) is 5.16 Å². The summed E-state index contributed by atoms with van der Waals surface area (Å²) in [6.07, 6.45) is 5.31. The average molecular weight is 580 g/mol. The van der Waals surface area contributed by atoms with Crippen molar-refractivity contribution in [2.45, 2.75) is 24.4 Å². The van der Waals surface area contributed by atoms with Gasteiger partial charge in [-0.25, -0.2) is 9.78 Å². The molecule has 2 aromatic rings. The van der Waals surface area contributed by atoms with E-state index in [-0.39, 0.29) is 59.2 Å². The summed E-state index contributed by atoms with van der Waals surface area (Å²) in [7, 11) is 0. The van der Waals surface area contributed by atoms with Crippen molar-refractivity contribution >= 4 is 57.6 Å². The second-order valence-corrected chi connectivity index (χ2v) is 10.6. The Kier molecular flexibility index (Phi) is 8.76. The van der Waals surface area contributed by atoms with Crippen LogP contribution in [0.5, 0.6) is 0 Å². The first-order chi connectivity index (χ1) is 18.3. The molecule has 5 rings (SSSR count). The number of carboxylic acids is 1. The van der Waals surface area contributed by atoms with Crippen molar-refractivity contribution in [2.24, 2.45) is 5.16 Å². The maximum Gasteiger partial charge on any atom is 1.00 e. The fraction of sp³-hybridized carbons (Fsp3) is 0.261. The van der Waals surface area contributed by atoms with Gasteiger partial charge in [0.2, 0.25) is 5.91 Å². The number of carboxylic acid groups (broad SMARTS) is 1. The molecule has 3 aliphatic rings. The van der Waals surface area contributed by atoms with Gasteiger partial charge in [0.15, 0.2) is 10.8 Å². The van der Waals surface area contributed by atoms with Gasteiger partial charge in [-0.2, -0.15) is 0 Å². The van der Waals surface area contributed by atoms with Crippen molar-refractivity contribution in [3.8, 4) is 0 Å². The van der Waals surface area contributed by atoms with Crippen molar-refractivity contribution < 1.29 is 60.5 Å². The Morgan fingerprint density at radius 2 is 2.05 bits per heavy atom. The fourth-order valence-electron chi connectivity index (χ4n) is 4.44. The molecule has 0 spiro atoms. The number of pyridine rings is 1. The van der Waals surface area contributed by atoms with E-state index in [9.17, 15) is 29.5 Å². The summed E-state index contributed by atoms with van der Waals surface area (Å²) in [6, 6.07) is 2.61. The zero-order valence-corrected chi connectivity index (χ0v) is 24.2. The van der Waals surface area contributed by atoms with E-state index in [1.54, 1.807) is 23.4 Å². The van der Waals surface area contributed by atoms with Crippen LogP contribution in [0.4, 0.5) is 5.13 Å². The van der Waals surface area contributed by atoms with Crippen molar-refractivity contribution in [3.05, 3.63) is 64.1 Å². The summed E-state index contributed by atoms with van der Waals surface area (Å²) in [4.78, 5) is 61.4. The predicted molar refractivity (Wildman–Crippen MR) is 138 cm³/mol. The molecule has 2 aromatic heterocycles. The third-order valence-electron chi connectivity index (χ3n) is 6.25. The number of nitrogens with two attached hydrogens (primary N) is 1. The van der Waals surface area contributed by atoms with Gasteiger partial charge in [0.25, 0.3) is 11.8 Å². The molecule has 0 aromatic carbocycles. The van der Waals surface area contributed by atoms with Gasteiger partial charge in [-0.05, 0) is 35.8 Å². The number of aromatic nitrogens is 2. The Bertz CT molecular complexity index is 1430. The third-order valence-corrected chi connectivity index (χ3v) is 8.23. The molecular weight excluding hydrogens is 557 g/mol. The van der Waals surface area contributed by atoms with Crippen LogP contribution in [0.25, 0.3) is 0 Å². The second kappa shape index (κ2) is 11.9. The first-order valence-corrected chi connectivity index (χ1v) is 13.3. The molecule has 3 amide bonds. The molecule has 2 fully saturated rings. The molecule has 3 aliphatic heterocycles. The average Bonchev–Trinajstić information content (AvgIpc) is 3.48. The molecule has 0 bridgehead atoms. The molecule has 5 heterocycles. The van der Waals surface area contributed by atoms with Crippen LogP contribution in [0.3, 0.4) is 0 Å². The van der Waals surface area contributed by atoms with E-state index in [1.807, 2.05) is 12.1 Å². The van der Waals surface area contributed by atoms with Crippen LogP contribution in [0.15, 0.2) is 58.0 Å². The summed E-state index contributed by atoms with van der Waals surface area (Å²) >= 11 is 2.31. The minimum absolute atomic E-state index is 0. The Hall–Kier alpha value is -3.24. The number of nitrogens with one attached hydrogen (secondary N) is 1. The predicted octanol–water partition coefficient (Wildman–Crippen LogP) is -2.49. The number of hydrogen-bond donors (Lipinski definition) is 4. The molecule has 0 radical (unpaired) electrons. The van der Waals surface area contributed by atoms with Crippen molar-refractivity contribution in [1.29, 1.82) is 0 Å². The van der Waals surface area contributed by atoms with E-state index in [4.69, 9.17) is 5.73 Å². The standard InChI is InChI=1S/C23H21N7O6S2.Na.H/c24-23-26-14(10-38-23)15(28-36)18(31)27-16-20(33)30-17(22(34)35)13(9-37-21(16)30)7-12-3-6-29(19(12)32)8-11-1-4-25-5-2-11;;/h1-2,4-5,7,10,16,21,36H,3,6,8-9H2,(H2,24,26)(H,27,31)(H,34,35);;/q;+1;-1/b12-7+,28-15-;;/t16-,21-;;/m1../s1. The van der Waals surface area contributed by atoms with E-state index < -0.39 is 34.9 Å². The largest absolute Gasteiger partial charge is 1.00 e. The molecule has 0 aliphatic carbocycles. The summed E-state index contributed by atoms with van der Waals surface area (Å²) in [6.45, 7) is 0.910. The molecule has 0 unspecified atom stereocenters. The molecular formula is C23H22N7NaO6S2. The zero-order chi connectivity index (χ0) is 27.0. The molecule has 0 saturated carbocycles. The molecule has 198 valence electrons. The van der Waals surface area contributed by atoms with Crippen LogP contribution < -0.4 is 40.6 Å². The van der Waals surface area contributed by atoms with Gasteiger partial charge < -0.3 is 27.7 Å². The number of anilines is 1. The number of carbonyl (C=O) groups is 4. The first kappa shape index (κ1) is 28.8. The molecule has 16 heteroatoms. The van der Waals surface area contributed by atoms with Gasteiger partial charge in [0.05, 0.1) is 0 Å². The number of oxime groups is 1. The summed E-state index contributed by atoms with van der Waals surface area (Å²) in [5.41, 5.74) is 6.73. The normalized spacial score (nSPS) is 21.9. The van der Waals surface area contributed by atoms with Crippen molar-refractivity contribution in [2.75, 3.05) is 18.0 Å². The molecule has 5 N–H and O–H groups in total. The van der Waals surface area contributed by atoms with Crippen LogP contribution in [-0.2, 0) is 25.7 Å². The summed E-state index contributed by atoms with van der Waals surface area (Å²) in [5.74, 6) is -2.76. The smallest absolute Gasteiger partial charge is 1.00 e. The number of rotatable bonds is 7. The van der Waals surface area contributed by atoms with Crippen LogP contribution in [0.2, 0.25) is 0 Å². The number of nitrogen functional groups attached to an aromatic ring is 1. The van der Waals surface area contributed by atoms with E-state index in [0.29, 0.717) is 30.7 Å². The summed E-state index contributed by atoms with van der Waals surface area (Å²) in [5, 5.41) is 25.6. The Morgan fingerprint density at radius 1 is 1.31 bits per heavy atom. The van der Waals surface area contributed by atoms with Gasteiger partial charge in [0.1, 0.15) is 22.8 Å². The van der Waals surface area contributed by atoms with E-state index in [1.165, 1.54) is 17.1 Å². The number of fused-ring (bicyclic) bond motifs is 1. The van der Waals surface area contributed by atoms with E-state index in [0.717, 1.165) is 21.8 Å². The molecule has 39 heavy (non-hydrogen) atoms. The SMILES string of the molecule is Nc1nc(/C(=N/O)C(=O)N[C@@H]2C(=O)N3C(C(=O)O)=C(/C=C4\CCN(Cc5ccncc5)C4=O)CS[C@H]23)cs1.[H-].[Na+]. The molecule has 13 nitrogen and oxygen atoms in total. The maximum absolute atomic E-state index is 13.0. The topological polar surface area (TPSA) is 191 Å². The Morgan fingerprint density at radius 3 is 2.69 bits per heavy atom. The van der Waals surface area contributed by atoms with Gasteiger partial charge >= 0.3 is 35.5 Å². The molecule has 2 saturated heterocycles. The van der Waals surface area contributed by atoms with Gasteiger partial charge in [-0.15, -0.1) is 23.1 Å². The number of carbonyl (C=O) groups excluding carboxylic acids is 3. The van der Waals surface area contributed by atoms with Crippen LogP contribution in [0.1, 0.15) is 19.1 Å². The van der Waals surface area contributed by atoms with Crippen molar-refractivity contribution in [1.82, 2.24) is 25.1 Å². The zero-order valence-electron chi connectivity index (χ0n) is 21.6. The maximum atomic E-state index is 13.0. The minimum Gasteiger partial charge on any atom is -1.00 e. The summed E-state index contributed by atoms with van der Waals surface area (Å²) < 4.78 is 0. The van der Waals surface area contributed by atoms with Crippen LogP contribution in [0, 0.1) is 0 Å². The third kappa shape index (κ3) is 5.58. The van der Waals surface area contributed by atoms with E-state index in [2.05, 4.69) is 20.4 Å². The number of allylic oxidation sites excluding steroid dienone is 1. The van der Waals surface area contributed by atoms with Crippen LogP contribution in [-0.4, -0.2) is 83.2 Å². The number of thiazole rings is 1. The first-order valence-electron chi connectivity index (χ1n) is 11.3. The Balaban J connectivity index is 0.00000220. The number of thioether (sulfide) groups is 1. The number of nitrogens with zero attached hydrogens (tertiary/aromatic N) is 5. The Labute approximate surface area is 253 Å². The number of β-lactam (4-membered cyclic amide) rings is 1. The van der Waals surface area contributed by atoms with Crippen LogP contribution >= 0.6 is 23.1 Å². The quantitative estimate of drug-likeness (QED) is 0.0682. The van der Waals surface area contributed by atoms with E-state index >= 15 is 0 Å². The number of amides is 3. The fourth-order valence-corrected chi connectivity index (χ4v) is 6.30. The second-order valence-electron chi connectivity index (χ2n) is 8.56. The number of hydrogen-bond acceptors (Lipinski definition) is 11. The molecule has 2 atom stereocenters. The number of aliphatic carboxylic acids is 1.